The molecule has 0 saturated heterocycles. The van der Waals surface area contributed by atoms with E-state index in [1.165, 1.54) is 6.42 Å². The van der Waals surface area contributed by atoms with Gasteiger partial charge in [-0.1, -0.05) is 27.2 Å². The van der Waals surface area contributed by atoms with Crippen molar-refractivity contribution in [3.05, 3.63) is 0 Å². The summed E-state index contributed by atoms with van der Waals surface area (Å²) < 4.78 is 0.159. The van der Waals surface area contributed by atoms with Crippen molar-refractivity contribution in [2.45, 2.75) is 51.2 Å². The van der Waals surface area contributed by atoms with E-state index in [0.717, 1.165) is 25.0 Å². The Labute approximate surface area is 85.7 Å². The second-order valence-electron chi connectivity index (χ2n) is 4.30. The smallest absolute Gasteiger partial charge is 0.137 e. The third-order valence-corrected chi connectivity index (χ3v) is 4.23. The molecule has 0 aromatic rings. The summed E-state index contributed by atoms with van der Waals surface area (Å²) in [5, 5.41) is 0. The second-order valence-corrected chi connectivity index (χ2v) is 6.22. The average Bonchev–Trinajstić information content (AvgIpc) is 2.04. The molecular formula is C11H20OS. The Hall–Kier alpha value is 0.0200. The molecule has 0 heterocycles. The number of rotatable bonds is 3. The predicted octanol–water partition coefficient (Wildman–Crippen LogP) is 3.28. The van der Waals surface area contributed by atoms with Gasteiger partial charge in [-0.05, 0) is 18.6 Å². The van der Waals surface area contributed by atoms with Crippen molar-refractivity contribution in [1.29, 1.82) is 0 Å². The summed E-state index contributed by atoms with van der Waals surface area (Å²) in [7, 11) is 0. The van der Waals surface area contributed by atoms with Crippen LogP contribution in [0.1, 0.15) is 46.5 Å². The van der Waals surface area contributed by atoms with E-state index in [2.05, 4.69) is 20.8 Å². The van der Waals surface area contributed by atoms with E-state index in [9.17, 15) is 4.79 Å². The van der Waals surface area contributed by atoms with Crippen LogP contribution in [-0.4, -0.2) is 16.3 Å². The first kappa shape index (κ1) is 11.1. The highest BCUT2D eigenvalue weighted by Crippen LogP contribution is 2.38. The Morgan fingerprint density at radius 2 is 2.15 bits per heavy atom. The van der Waals surface area contributed by atoms with Crippen molar-refractivity contribution in [3.63, 3.8) is 0 Å². The van der Waals surface area contributed by atoms with Gasteiger partial charge in [0.05, 0.1) is 0 Å². The molecule has 1 aliphatic carbocycles. The molecule has 76 valence electrons. The number of thioether (sulfide) groups is 1. The molecule has 1 atom stereocenters. The lowest BCUT2D eigenvalue weighted by molar-refractivity contribution is -0.125. The van der Waals surface area contributed by atoms with Crippen molar-refractivity contribution in [2.75, 3.05) is 5.75 Å². The normalized spacial score (nSPS) is 24.8. The molecule has 1 nitrogen and oxygen atoms in total. The molecular weight excluding hydrogens is 180 g/mol. The minimum atomic E-state index is 0.159. The van der Waals surface area contributed by atoms with Gasteiger partial charge in [0.1, 0.15) is 5.78 Å². The van der Waals surface area contributed by atoms with Crippen LogP contribution in [0.15, 0.2) is 0 Å². The molecule has 13 heavy (non-hydrogen) atoms. The third-order valence-electron chi connectivity index (χ3n) is 2.91. The Morgan fingerprint density at radius 1 is 1.46 bits per heavy atom. The van der Waals surface area contributed by atoms with Crippen LogP contribution in [-0.2, 0) is 4.79 Å². The first-order valence-corrected chi connectivity index (χ1v) is 6.23. The Morgan fingerprint density at radius 3 is 2.69 bits per heavy atom. The maximum atomic E-state index is 11.7. The highest BCUT2D eigenvalue weighted by atomic mass is 32.2. The predicted molar refractivity (Wildman–Crippen MR) is 59.2 cm³/mol. The molecule has 0 amide bonds. The SMILES string of the molecule is CCSC(C)(C)C1CCCCC1=O. The fourth-order valence-corrected chi connectivity index (χ4v) is 3.39. The lowest BCUT2D eigenvalue weighted by Crippen LogP contribution is -2.36. The van der Waals surface area contributed by atoms with E-state index in [-0.39, 0.29) is 4.75 Å². The molecule has 0 spiro atoms. The van der Waals surface area contributed by atoms with E-state index in [1.54, 1.807) is 0 Å². The van der Waals surface area contributed by atoms with Crippen LogP contribution in [0.2, 0.25) is 0 Å². The molecule has 1 unspecified atom stereocenters. The molecule has 1 rings (SSSR count). The second kappa shape index (κ2) is 4.50. The molecule has 0 aromatic carbocycles. The minimum absolute atomic E-state index is 0.159. The van der Waals surface area contributed by atoms with Gasteiger partial charge in [-0.3, -0.25) is 4.79 Å². The van der Waals surface area contributed by atoms with Crippen LogP contribution < -0.4 is 0 Å². The first-order chi connectivity index (χ1) is 6.08. The zero-order valence-electron chi connectivity index (χ0n) is 8.93. The highest BCUT2D eigenvalue weighted by molar-refractivity contribution is 8.00. The number of carbonyl (C=O) groups is 1. The number of Topliss-reactive ketones (excluding diaryl/α,β-unsaturated/α-hetero) is 1. The Bertz CT molecular complexity index is 187. The van der Waals surface area contributed by atoms with Gasteiger partial charge < -0.3 is 0 Å². The van der Waals surface area contributed by atoms with Crippen LogP contribution in [0, 0.1) is 5.92 Å². The molecule has 0 N–H and O–H groups in total. The zero-order chi connectivity index (χ0) is 9.90. The van der Waals surface area contributed by atoms with Gasteiger partial charge in [0.25, 0.3) is 0 Å². The summed E-state index contributed by atoms with van der Waals surface area (Å²) in [6, 6.07) is 0. The van der Waals surface area contributed by atoms with Crippen LogP contribution in [0.4, 0.5) is 0 Å². The molecule has 2 heteroatoms. The van der Waals surface area contributed by atoms with Gasteiger partial charge in [0, 0.05) is 17.1 Å². The van der Waals surface area contributed by atoms with Crippen molar-refractivity contribution >= 4 is 17.5 Å². The number of hydrogen-bond acceptors (Lipinski definition) is 2. The number of ketones is 1. The van der Waals surface area contributed by atoms with Gasteiger partial charge in [0.2, 0.25) is 0 Å². The van der Waals surface area contributed by atoms with Gasteiger partial charge in [-0.2, -0.15) is 11.8 Å². The van der Waals surface area contributed by atoms with Crippen molar-refractivity contribution in [3.8, 4) is 0 Å². The van der Waals surface area contributed by atoms with Crippen LogP contribution >= 0.6 is 11.8 Å². The summed E-state index contributed by atoms with van der Waals surface area (Å²) in [6.07, 6.45) is 4.28. The summed E-state index contributed by atoms with van der Waals surface area (Å²) in [6.45, 7) is 6.60. The summed E-state index contributed by atoms with van der Waals surface area (Å²) >= 11 is 1.92. The fraction of sp³-hybridized carbons (Fsp3) is 0.909. The first-order valence-electron chi connectivity index (χ1n) is 5.24. The zero-order valence-corrected chi connectivity index (χ0v) is 9.75. The van der Waals surface area contributed by atoms with E-state index in [4.69, 9.17) is 0 Å². The van der Waals surface area contributed by atoms with Crippen LogP contribution in [0.25, 0.3) is 0 Å². The maximum Gasteiger partial charge on any atom is 0.137 e. The molecule has 0 aromatic heterocycles. The highest BCUT2D eigenvalue weighted by Gasteiger charge is 2.35. The summed E-state index contributed by atoms with van der Waals surface area (Å²) in [5.74, 6) is 1.92. The van der Waals surface area contributed by atoms with E-state index in [1.807, 2.05) is 11.8 Å². The number of hydrogen-bond donors (Lipinski definition) is 0. The van der Waals surface area contributed by atoms with E-state index in [0.29, 0.717) is 11.7 Å². The molecule has 1 aliphatic rings. The molecule has 0 bridgehead atoms. The molecule has 0 aliphatic heterocycles. The fourth-order valence-electron chi connectivity index (χ4n) is 2.19. The van der Waals surface area contributed by atoms with Crippen molar-refractivity contribution in [2.24, 2.45) is 5.92 Å². The monoisotopic (exact) mass is 200 g/mol. The quantitative estimate of drug-likeness (QED) is 0.695. The molecule has 1 fully saturated rings. The van der Waals surface area contributed by atoms with E-state index < -0.39 is 0 Å². The number of carbonyl (C=O) groups excluding carboxylic acids is 1. The lowest BCUT2D eigenvalue weighted by atomic mass is 9.80. The van der Waals surface area contributed by atoms with Gasteiger partial charge in [-0.15, -0.1) is 0 Å². The van der Waals surface area contributed by atoms with Crippen molar-refractivity contribution < 1.29 is 4.79 Å². The summed E-state index contributed by atoms with van der Waals surface area (Å²) in [4.78, 5) is 11.7. The minimum Gasteiger partial charge on any atom is -0.299 e. The summed E-state index contributed by atoms with van der Waals surface area (Å²) in [5.41, 5.74) is 0. The standard InChI is InChI=1S/C11H20OS/c1-4-13-11(2,3)9-7-5-6-8-10(9)12/h9H,4-8H2,1-3H3. The topological polar surface area (TPSA) is 17.1 Å². The average molecular weight is 200 g/mol. The van der Waals surface area contributed by atoms with Crippen LogP contribution in [0.5, 0.6) is 0 Å². The van der Waals surface area contributed by atoms with Gasteiger partial charge in [0.15, 0.2) is 0 Å². The van der Waals surface area contributed by atoms with Crippen molar-refractivity contribution in [1.82, 2.24) is 0 Å². The van der Waals surface area contributed by atoms with E-state index >= 15 is 0 Å². The molecule has 1 saturated carbocycles. The largest absolute Gasteiger partial charge is 0.299 e. The Balaban J connectivity index is 2.61. The van der Waals surface area contributed by atoms with Crippen LogP contribution in [0.3, 0.4) is 0 Å². The third kappa shape index (κ3) is 2.73. The van der Waals surface area contributed by atoms with Gasteiger partial charge >= 0.3 is 0 Å². The Kier molecular flexibility index (Phi) is 3.84. The van der Waals surface area contributed by atoms with Gasteiger partial charge in [-0.25, -0.2) is 0 Å². The molecule has 0 radical (unpaired) electrons. The lowest BCUT2D eigenvalue weighted by Gasteiger charge is -2.35. The maximum absolute atomic E-state index is 11.7.